The Hall–Kier alpha value is -1.28. The van der Waals surface area contributed by atoms with E-state index in [9.17, 15) is 0 Å². The third-order valence-corrected chi connectivity index (χ3v) is 3.51. The third-order valence-electron chi connectivity index (χ3n) is 3.02. The molecule has 3 rings (SSSR count). The van der Waals surface area contributed by atoms with Crippen molar-refractivity contribution < 1.29 is 0 Å². The molecule has 2 heteroatoms. The van der Waals surface area contributed by atoms with Gasteiger partial charge in [-0.1, -0.05) is 34.1 Å². The minimum absolute atomic E-state index is 1.10. The van der Waals surface area contributed by atoms with Gasteiger partial charge in [-0.15, -0.1) is 0 Å². The van der Waals surface area contributed by atoms with E-state index < -0.39 is 0 Å². The van der Waals surface area contributed by atoms with E-state index in [1.54, 1.807) is 0 Å². The fourth-order valence-corrected chi connectivity index (χ4v) is 2.57. The van der Waals surface area contributed by atoms with Crippen LogP contribution in [-0.4, -0.2) is 0 Å². The van der Waals surface area contributed by atoms with Gasteiger partial charge in [0.05, 0.1) is 0 Å². The zero-order valence-electron chi connectivity index (χ0n) is 8.83. The summed E-state index contributed by atoms with van der Waals surface area (Å²) in [4.78, 5) is 0. The van der Waals surface area contributed by atoms with Crippen molar-refractivity contribution in [1.82, 2.24) is 0 Å². The second kappa shape index (κ2) is 3.95. The van der Waals surface area contributed by atoms with Crippen molar-refractivity contribution in [3.8, 4) is 0 Å². The Morgan fingerprint density at radius 2 is 1.62 bits per heavy atom. The number of para-hydroxylation sites is 1. The van der Waals surface area contributed by atoms with Crippen LogP contribution in [0.2, 0.25) is 0 Å². The van der Waals surface area contributed by atoms with Crippen LogP contribution < -0.4 is 5.32 Å². The molecule has 1 heterocycles. The highest BCUT2D eigenvalue weighted by Crippen LogP contribution is 2.31. The summed E-state index contributed by atoms with van der Waals surface area (Å²) in [7, 11) is 0. The fraction of sp³-hybridized carbons (Fsp3) is 0.143. The van der Waals surface area contributed by atoms with E-state index in [0.717, 1.165) is 17.3 Å². The molecule has 0 amide bonds. The van der Waals surface area contributed by atoms with E-state index in [1.807, 2.05) is 0 Å². The van der Waals surface area contributed by atoms with Gasteiger partial charge in [0.25, 0.3) is 0 Å². The van der Waals surface area contributed by atoms with Crippen LogP contribution in [0.3, 0.4) is 0 Å². The summed E-state index contributed by atoms with van der Waals surface area (Å²) >= 11 is 3.52. The number of hydrogen-bond acceptors (Lipinski definition) is 1. The van der Waals surface area contributed by atoms with Crippen LogP contribution in [0.5, 0.6) is 0 Å². The smallest absolute Gasteiger partial charge is 0.0417 e. The van der Waals surface area contributed by atoms with E-state index in [1.165, 1.54) is 22.5 Å². The summed E-state index contributed by atoms with van der Waals surface area (Å²) in [6.45, 7) is 0. The molecule has 80 valence electrons. The van der Waals surface area contributed by atoms with Crippen molar-refractivity contribution >= 4 is 27.3 Å². The monoisotopic (exact) mass is 273 g/mol. The normalized spacial score (nSPS) is 13.3. The van der Waals surface area contributed by atoms with Gasteiger partial charge in [0, 0.05) is 15.8 Å². The second-order valence-corrected chi connectivity index (χ2v) is 5.00. The molecular formula is C14H12BrN. The standard InChI is InChI=1S/C14H12BrN/c15-12-7-8-14-11(9-12)6-5-10-3-1-2-4-13(10)16-14/h1-4,7-9,16H,5-6H2. The van der Waals surface area contributed by atoms with Crippen LogP contribution in [-0.2, 0) is 12.8 Å². The van der Waals surface area contributed by atoms with E-state index in [4.69, 9.17) is 0 Å². The lowest BCUT2D eigenvalue weighted by atomic mass is 10.0. The quantitative estimate of drug-likeness (QED) is 0.755. The first-order valence-electron chi connectivity index (χ1n) is 5.46. The highest BCUT2D eigenvalue weighted by molar-refractivity contribution is 9.10. The van der Waals surface area contributed by atoms with Crippen LogP contribution >= 0.6 is 15.9 Å². The Morgan fingerprint density at radius 1 is 0.875 bits per heavy atom. The molecule has 16 heavy (non-hydrogen) atoms. The molecule has 0 fully saturated rings. The van der Waals surface area contributed by atoms with Crippen molar-refractivity contribution in [3.05, 3.63) is 58.1 Å². The van der Waals surface area contributed by atoms with Crippen LogP contribution in [0.15, 0.2) is 46.9 Å². The molecule has 0 unspecified atom stereocenters. The zero-order valence-corrected chi connectivity index (χ0v) is 10.4. The summed E-state index contributed by atoms with van der Waals surface area (Å²) in [6, 6.07) is 15.0. The predicted octanol–water partition coefficient (Wildman–Crippen LogP) is 4.29. The van der Waals surface area contributed by atoms with Crippen molar-refractivity contribution in [2.75, 3.05) is 5.32 Å². The molecule has 1 aliphatic rings. The van der Waals surface area contributed by atoms with Crippen molar-refractivity contribution in [2.45, 2.75) is 12.8 Å². The van der Waals surface area contributed by atoms with Gasteiger partial charge in [0.15, 0.2) is 0 Å². The molecule has 0 spiro atoms. The van der Waals surface area contributed by atoms with Gasteiger partial charge < -0.3 is 5.32 Å². The molecule has 0 atom stereocenters. The molecule has 0 aliphatic carbocycles. The molecule has 1 N–H and O–H groups in total. The number of rotatable bonds is 0. The van der Waals surface area contributed by atoms with Crippen LogP contribution in [0, 0.1) is 0 Å². The summed E-state index contributed by atoms with van der Waals surface area (Å²) in [5.74, 6) is 0. The summed E-state index contributed by atoms with van der Waals surface area (Å²) < 4.78 is 1.15. The minimum Gasteiger partial charge on any atom is -0.355 e. The zero-order chi connectivity index (χ0) is 11.0. The first kappa shape index (κ1) is 9.91. The van der Waals surface area contributed by atoms with E-state index in [0.29, 0.717) is 0 Å². The molecule has 1 aliphatic heterocycles. The molecule has 0 aromatic heterocycles. The van der Waals surface area contributed by atoms with Gasteiger partial charge in [-0.25, -0.2) is 0 Å². The van der Waals surface area contributed by atoms with E-state index in [2.05, 4.69) is 63.7 Å². The fourth-order valence-electron chi connectivity index (χ4n) is 2.17. The van der Waals surface area contributed by atoms with E-state index in [-0.39, 0.29) is 0 Å². The number of aryl methyl sites for hydroxylation is 2. The van der Waals surface area contributed by atoms with Crippen LogP contribution in [0.1, 0.15) is 11.1 Å². The number of halogens is 1. The first-order chi connectivity index (χ1) is 7.83. The highest BCUT2D eigenvalue weighted by atomic mass is 79.9. The molecule has 1 nitrogen and oxygen atoms in total. The summed E-state index contributed by atoms with van der Waals surface area (Å²) in [5.41, 5.74) is 5.25. The molecular weight excluding hydrogens is 262 g/mol. The molecule has 0 saturated carbocycles. The minimum atomic E-state index is 1.10. The van der Waals surface area contributed by atoms with Gasteiger partial charge in [0.1, 0.15) is 0 Å². The maximum absolute atomic E-state index is 3.52. The van der Waals surface area contributed by atoms with Gasteiger partial charge >= 0.3 is 0 Å². The van der Waals surface area contributed by atoms with Gasteiger partial charge in [0.2, 0.25) is 0 Å². The maximum atomic E-state index is 3.52. The number of hydrogen-bond donors (Lipinski definition) is 1. The number of anilines is 2. The van der Waals surface area contributed by atoms with Gasteiger partial charge in [-0.3, -0.25) is 0 Å². The average molecular weight is 274 g/mol. The lowest BCUT2D eigenvalue weighted by molar-refractivity contribution is 0.976. The van der Waals surface area contributed by atoms with Crippen LogP contribution in [0.4, 0.5) is 11.4 Å². The Bertz CT molecular complexity index is 534. The largest absolute Gasteiger partial charge is 0.355 e. The first-order valence-corrected chi connectivity index (χ1v) is 6.25. The summed E-state index contributed by atoms with van der Waals surface area (Å²) in [5, 5.41) is 3.51. The number of fused-ring (bicyclic) bond motifs is 2. The molecule has 2 aromatic carbocycles. The topological polar surface area (TPSA) is 12.0 Å². The molecule has 0 radical (unpaired) electrons. The lowest BCUT2D eigenvalue weighted by Gasteiger charge is -2.09. The Morgan fingerprint density at radius 3 is 2.56 bits per heavy atom. The summed E-state index contributed by atoms with van der Waals surface area (Å²) in [6.07, 6.45) is 2.20. The predicted molar refractivity (Wildman–Crippen MR) is 71.3 cm³/mol. The van der Waals surface area contributed by atoms with E-state index >= 15 is 0 Å². The molecule has 0 bridgehead atoms. The molecule has 2 aromatic rings. The number of benzene rings is 2. The van der Waals surface area contributed by atoms with Gasteiger partial charge in [-0.05, 0) is 48.2 Å². The lowest BCUT2D eigenvalue weighted by Crippen LogP contribution is -1.92. The second-order valence-electron chi connectivity index (χ2n) is 4.08. The maximum Gasteiger partial charge on any atom is 0.0417 e. The van der Waals surface area contributed by atoms with Crippen molar-refractivity contribution in [1.29, 1.82) is 0 Å². The Kier molecular flexibility index (Phi) is 2.44. The number of nitrogens with one attached hydrogen (secondary N) is 1. The SMILES string of the molecule is Brc1ccc2c(c1)CCc1ccccc1N2. The van der Waals surface area contributed by atoms with Gasteiger partial charge in [-0.2, -0.15) is 0 Å². The van der Waals surface area contributed by atoms with Crippen LogP contribution in [0.25, 0.3) is 0 Å². The Balaban J connectivity index is 2.08. The Labute approximate surface area is 104 Å². The van der Waals surface area contributed by atoms with Crippen molar-refractivity contribution in [2.24, 2.45) is 0 Å². The highest BCUT2D eigenvalue weighted by Gasteiger charge is 2.11. The molecule has 0 saturated heterocycles. The average Bonchev–Trinajstić information content (AvgIpc) is 2.48. The third kappa shape index (κ3) is 1.74. The van der Waals surface area contributed by atoms with Crippen molar-refractivity contribution in [3.63, 3.8) is 0 Å².